The fourth-order valence-electron chi connectivity index (χ4n) is 2.70. The quantitative estimate of drug-likeness (QED) is 0.870. The summed E-state index contributed by atoms with van der Waals surface area (Å²) in [7, 11) is 0. The second kappa shape index (κ2) is 6.50. The summed E-state index contributed by atoms with van der Waals surface area (Å²) in [6, 6.07) is 4.02. The van der Waals surface area contributed by atoms with Gasteiger partial charge in [0.2, 0.25) is 0 Å². The zero-order valence-corrected chi connectivity index (χ0v) is 11.4. The van der Waals surface area contributed by atoms with E-state index in [0.29, 0.717) is 5.92 Å². The fourth-order valence-corrected chi connectivity index (χ4v) is 4.17. The van der Waals surface area contributed by atoms with Crippen LogP contribution in [0.1, 0.15) is 38.4 Å². The van der Waals surface area contributed by atoms with Gasteiger partial charge in [-0.25, -0.2) is 0 Å². The monoisotopic (exact) mass is 253 g/mol. The molecule has 0 radical (unpaired) electrons. The maximum Gasteiger partial charge on any atom is 0.113 e. The van der Waals surface area contributed by atoms with Crippen LogP contribution in [0, 0.1) is 11.8 Å². The van der Waals surface area contributed by atoms with Crippen LogP contribution in [0.15, 0.2) is 22.8 Å². The van der Waals surface area contributed by atoms with E-state index in [0.717, 1.165) is 29.2 Å². The van der Waals surface area contributed by atoms with Crippen molar-refractivity contribution in [3.8, 4) is 0 Å². The molecule has 0 amide bonds. The van der Waals surface area contributed by atoms with E-state index in [9.17, 15) is 0 Å². The molecule has 1 heterocycles. The highest BCUT2D eigenvalue weighted by molar-refractivity contribution is 7.99. The van der Waals surface area contributed by atoms with Crippen LogP contribution in [0.2, 0.25) is 0 Å². The number of nitrogens with two attached hydrogens (primary N) is 1. The Morgan fingerprint density at radius 1 is 1.47 bits per heavy atom. The van der Waals surface area contributed by atoms with Gasteiger partial charge in [-0.3, -0.25) is 0 Å². The summed E-state index contributed by atoms with van der Waals surface area (Å²) in [5.74, 6) is 3.69. The Morgan fingerprint density at radius 2 is 2.35 bits per heavy atom. The summed E-state index contributed by atoms with van der Waals surface area (Å²) < 4.78 is 5.39. The molecular weight excluding hydrogens is 230 g/mol. The highest BCUT2D eigenvalue weighted by atomic mass is 32.2. The predicted molar refractivity (Wildman–Crippen MR) is 74.0 cm³/mol. The van der Waals surface area contributed by atoms with Crippen molar-refractivity contribution in [2.45, 2.75) is 43.6 Å². The van der Waals surface area contributed by atoms with Gasteiger partial charge in [-0.2, -0.15) is 11.8 Å². The maximum atomic E-state index is 5.89. The normalized spacial score (nSPS) is 29.4. The molecule has 1 aromatic rings. The molecule has 1 aromatic heterocycles. The van der Waals surface area contributed by atoms with E-state index in [1.54, 1.807) is 6.26 Å². The zero-order chi connectivity index (χ0) is 12.1. The van der Waals surface area contributed by atoms with E-state index in [1.165, 1.54) is 25.7 Å². The molecular formula is C14H23NOS. The van der Waals surface area contributed by atoms with Crippen LogP contribution in [0.5, 0.6) is 0 Å². The summed E-state index contributed by atoms with van der Waals surface area (Å²) in [4.78, 5) is 0. The summed E-state index contributed by atoms with van der Waals surface area (Å²) in [6.07, 6.45) is 7.09. The van der Waals surface area contributed by atoms with Crippen LogP contribution >= 0.6 is 11.8 Å². The van der Waals surface area contributed by atoms with Gasteiger partial charge in [-0.05, 0) is 43.4 Å². The number of hydrogen-bond donors (Lipinski definition) is 1. The molecule has 1 aliphatic carbocycles. The smallest absolute Gasteiger partial charge is 0.113 e. The highest BCUT2D eigenvalue weighted by Crippen LogP contribution is 2.38. The summed E-state index contributed by atoms with van der Waals surface area (Å²) in [5.41, 5.74) is 5.89. The van der Waals surface area contributed by atoms with Crippen molar-refractivity contribution < 1.29 is 4.42 Å². The van der Waals surface area contributed by atoms with E-state index >= 15 is 0 Å². The van der Waals surface area contributed by atoms with Gasteiger partial charge in [0.25, 0.3) is 0 Å². The van der Waals surface area contributed by atoms with Crippen LogP contribution < -0.4 is 5.73 Å². The molecule has 0 aliphatic heterocycles. The first-order valence-electron chi connectivity index (χ1n) is 6.67. The van der Waals surface area contributed by atoms with Crippen molar-refractivity contribution in [2.24, 2.45) is 17.6 Å². The Morgan fingerprint density at radius 3 is 3.00 bits per heavy atom. The van der Waals surface area contributed by atoms with Crippen molar-refractivity contribution in [3.63, 3.8) is 0 Å². The van der Waals surface area contributed by atoms with Crippen LogP contribution in [-0.2, 0) is 5.75 Å². The average molecular weight is 253 g/mol. The first-order chi connectivity index (χ1) is 8.33. The van der Waals surface area contributed by atoms with Crippen molar-refractivity contribution in [1.82, 2.24) is 0 Å². The van der Waals surface area contributed by atoms with Gasteiger partial charge in [0.1, 0.15) is 5.76 Å². The van der Waals surface area contributed by atoms with Crippen LogP contribution in [0.3, 0.4) is 0 Å². The standard InChI is InChI=1S/C14H23NOS/c1-2-11-5-6-12(9-15)14(8-11)17-10-13-4-3-7-16-13/h3-4,7,11-12,14H,2,5-6,8-10,15H2,1H3. The van der Waals surface area contributed by atoms with Gasteiger partial charge in [0.05, 0.1) is 12.0 Å². The second-order valence-corrected chi connectivity index (χ2v) is 6.24. The van der Waals surface area contributed by atoms with E-state index in [2.05, 4.69) is 13.0 Å². The largest absolute Gasteiger partial charge is 0.468 e. The molecule has 96 valence electrons. The van der Waals surface area contributed by atoms with Gasteiger partial charge in [-0.15, -0.1) is 0 Å². The summed E-state index contributed by atoms with van der Waals surface area (Å²) in [6.45, 7) is 3.15. The van der Waals surface area contributed by atoms with Crippen molar-refractivity contribution in [2.75, 3.05) is 6.54 Å². The Balaban J connectivity index is 1.86. The highest BCUT2D eigenvalue weighted by Gasteiger charge is 2.29. The third kappa shape index (κ3) is 3.52. The molecule has 1 fully saturated rings. The topological polar surface area (TPSA) is 39.2 Å². The molecule has 17 heavy (non-hydrogen) atoms. The van der Waals surface area contributed by atoms with Gasteiger partial charge in [0.15, 0.2) is 0 Å². The first kappa shape index (κ1) is 13.0. The second-order valence-electron chi connectivity index (χ2n) is 5.01. The molecule has 3 unspecified atom stereocenters. The lowest BCUT2D eigenvalue weighted by atomic mass is 9.80. The van der Waals surface area contributed by atoms with Crippen LogP contribution in [0.25, 0.3) is 0 Å². The van der Waals surface area contributed by atoms with E-state index < -0.39 is 0 Å². The maximum absolute atomic E-state index is 5.89. The Bertz CT molecular complexity index is 312. The molecule has 3 heteroatoms. The van der Waals surface area contributed by atoms with E-state index in [-0.39, 0.29) is 0 Å². The van der Waals surface area contributed by atoms with Crippen molar-refractivity contribution in [3.05, 3.63) is 24.2 Å². The SMILES string of the molecule is CCC1CCC(CN)C(SCc2ccco2)C1. The lowest BCUT2D eigenvalue weighted by Gasteiger charge is -2.34. The van der Waals surface area contributed by atoms with E-state index in [1.807, 2.05) is 17.8 Å². The third-order valence-electron chi connectivity index (χ3n) is 3.94. The van der Waals surface area contributed by atoms with Gasteiger partial charge in [-0.1, -0.05) is 19.8 Å². The molecule has 0 saturated heterocycles. The van der Waals surface area contributed by atoms with Crippen LogP contribution in [-0.4, -0.2) is 11.8 Å². The minimum Gasteiger partial charge on any atom is -0.468 e. The molecule has 2 rings (SSSR count). The fraction of sp³-hybridized carbons (Fsp3) is 0.714. The van der Waals surface area contributed by atoms with Crippen molar-refractivity contribution >= 4 is 11.8 Å². The first-order valence-corrected chi connectivity index (χ1v) is 7.72. The molecule has 0 bridgehead atoms. The van der Waals surface area contributed by atoms with E-state index in [4.69, 9.17) is 10.2 Å². The predicted octanol–water partition coefficient (Wildman–Crippen LogP) is 3.67. The molecule has 3 atom stereocenters. The molecule has 2 nitrogen and oxygen atoms in total. The van der Waals surface area contributed by atoms with Gasteiger partial charge >= 0.3 is 0 Å². The molecule has 1 saturated carbocycles. The Hall–Kier alpha value is -0.410. The number of thioether (sulfide) groups is 1. The molecule has 0 spiro atoms. The Labute approximate surface area is 108 Å². The summed E-state index contributed by atoms with van der Waals surface area (Å²) in [5, 5.41) is 0.726. The zero-order valence-electron chi connectivity index (χ0n) is 10.6. The lowest BCUT2D eigenvalue weighted by Crippen LogP contribution is -2.32. The number of hydrogen-bond acceptors (Lipinski definition) is 3. The summed E-state index contributed by atoms with van der Waals surface area (Å²) >= 11 is 2.03. The minimum absolute atomic E-state index is 0.706. The lowest BCUT2D eigenvalue weighted by molar-refractivity contribution is 0.283. The Kier molecular flexibility index (Phi) is 4.99. The number of furan rings is 1. The molecule has 0 aromatic carbocycles. The average Bonchev–Trinajstić information content (AvgIpc) is 2.89. The van der Waals surface area contributed by atoms with Gasteiger partial charge < -0.3 is 10.2 Å². The molecule has 1 aliphatic rings. The third-order valence-corrected chi connectivity index (χ3v) is 5.39. The molecule has 2 N–H and O–H groups in total. The van der Waals surface area contributed by atoms with Gasteiger partial charge in [0, 0.05) is 5.25 Å². The number of rotatable bonds is 5. The minimum atomic E-state index is 0.706. The van der Waals surface area contributed by atoms with Crippen molar-refractivity contribution in [1.29, 1.82) is 0 Å². The van der Waals surface area contributed by atoms with Crippen LogP contribution in [0.4, 0.5) is 0 Å².